The molecule has 4 heteroatoms. The molecule has 0 radical (unpaired) electrons. The zero-order chi connectivity index (χ0) is 13.0. The van der Waals surface area contributed by atoms with Gasteiger partial charge >= 0.3 is 0 Å². The van der Waals surface area contributed by atoms with Crippen LogP contribution in [0.4, 0.5) is 5.69 Å². The van der Waals surface area contributed by atoms with Crippen LogP contribution in [0.5, 0.6) is 5.75 Å². The Morgan fingerprint density at radius 2 is 2.11 bits per heavy atom. The van der Waals surface area contributed by atoms with Crippen molar-refractivity contribution in [3.63, 3.8) is 0 Å². The zero-order valence-electron chi connectivity index (χ0n) is 10.8. The molecule has 2 rings (SSSR count). The summed E-state index contributed by atoms with van der Waals surface area (Å²) in [6.07, 6.45) is 3.08. The average Bonchev–Trinajstić information content (AvgIpc) is 2.69. The van der Waals surface area contributed by atoms with Gasteiger partial charge in [-0.25, -0.2) is 0 Å². The number of phenolic OH excluding ortho intramolecular Hbond substituents is 1. The van der Waals surface area contributed by atoms with Gasteiger partial charge < -0.3 is 10.4 Å². The van der Waals surface area contributed by atoms with Crippen molar-refractivity contribution >= 4 is 5.69 Å². The molecule has 0 aliphatic carbocycles. The highest BCUT2D eigenvalue weighted by molar-refractivity contribution is 5.47. The van der Waals surface area contributed by atoms with Gasteiger partial charge in [0.15, 0.2) is 0 Å². The molecular weight excluding hydrogens is 226 g/mol. The number of nitrogens with one attached hydrogen (secondary N) is 1. The smallest absolute Gasteiger partial charge is 0.120 e. The molecule has 0 bridgehead atoms. The molecule has 18 heavy (non-hydrogen) atoms. The Balaban J connectivity index is 2.04. The van der Waals surface area contributed by atoms with Crippen LogP contribution < -0.4 is 5.32 Å². The molecule has 2 N–H and O–H groups in total. The van der Waals surface area contributed by atoms with Crippen LogP contribution >= 0.6 is 0 Å². The first-order valence-electron chi connectivity index (χ1n) is 6.25. The standard InChI is InChI=1S/C14H19N3O/c1-3-8-17-10-13(11(2)16-17)15-9-12-6-4-5-7-14(12)18/h4-7,10,15,18H,3,8-9H2,1-2H3. The molecule has 96 valence electrons. The summed E-state index contributed by atoms with van der Waals surface area (Å²) in [4.78, 5) is 0. The fourth-order valence-corrected chi connectivity index (χ4v) is 1.89. The van der Waals surface area contributed by atoms with E-state index in [-0.39, 0.29) is 0 Å². The van der Waals surface area contributed by atoms with E-state index in [4.69, 9.17) is 0 Å². The fourth-order valence-electron chi connectivity index (χ4n) is 1.89. The molecule has 0 amide bonds. The zero-order valence-corrected chi connectivity index (χ0v) is 10.8. The van der Waals surface area contributed by atoms with E-state index in [1.807, 2.05) is 36.0 Å². The van der Waals surface area contributed by atoms with Gasteiger partial charge in [0.05, 0.1) is 11.4 Å². The number of benzene rings is 1. The number of nitrogens with zero attached hydrogens (tertiary/aromatic N) is 2. The lowest BCUT2D eigenvalue weighted by Crippen LogP contribution is -1.99. The van der Waals surface area contributed by atoms with Crippen molar-refractivity contribution in [3.05, 3.63) is 41.7 Å². The number of hydrogen-bond acceptors (Lipinski definition) is 3. The third kappa shape index (κ3) is 2.83. The molecule has 2 aromatic rings. The lowest BCUT2D eigenvalue weighted by molar-refractivity contribution is 0.469. The van der Waals surface area contributed by atoms with E-state index in [0.717, 1.165) is 29.9 Å². The molecule has 1 heterocycles. The minimum absolute atomic E-state index is 0.323. The Hall–Kier alpha value is -1.97. The Kier molecular flexibility index (Phi) is 3.87. The Morgan fingerprint density at radius 1 is 1.33 bits per heavy atom. The molecule has 0 aliphatic rings. The van der Waals surface area contributed by atoms with Crippen molar-refractivity contribution in [1.29, 1.82) is 0 Å². The van der Waals surface area contributed by atoms with Crippen molar-refractivity contribution in [2.75, 3.05) is 5.32 Å². The third-order valence-electron chi connectivity index (χ3n) is 2.86. The summed E-state index contributed by atoms with van der Waals surface area (Å²) in [7, 11) is 0. The first-order chi connectivity index (χ1) is 8.70. The maximum absolute atomic E-state index is 9.69. The van der Waals surface area contributed by atoms with E-state index < -0.39 is 0 Å². The first kappa shape index (κ1) is 12.5. The summed E-state index contributed by atoms with van der Waals surface area (Å²) in [5.74, 6) is 0.323. The van der Waals surface area contributed by atoms with Crippen LogP contribution in [0, 0.1) is 6.92 Å². The lowest BCUT2D eigenvalue weighted by atomic mass is 10.2. The summed E-state index contributed by atoms with van der Waals surface area (Å²) < 4.78 is 1.95. The van der Waals surface area contributed by atoms with Gasteiger partial charge in [-0.15, -0.1) is 0 Å². The van der Waals surface area contributed by atoms with Crippen molar-refractivity contribution < 1.29 is 5.11 Å². The van der Waals surface area contributed by atoms with Crippen LogP contribution in [-0.4, -0.2) is 14.9 Å². The van der Waals surface area contributed by atoms with Crippen LogP contribution in [0.25, 0.3) is 0 Å². The molecule has 0 unspecified atom stereocenters. The van der Waals surface area contributed by atoms with E-state index in [1.54, 1.807) is 6.07 Å². The van der Waals surface area contributed by atoms with Gasteiger partial charge in [-0.05, 0) is 19.4 Å². The largest absolute Gasteiger partial charge is 0.508 e. The lowest BCUT2D eigenvalue weighted by Gasteiger charge is -2.06. The quantitative estimate of drug-likeness (QED) is 0.851. The van der Waals surface area contributed by atoms with E-state index in [9.17, 15) is 5.11 Å². The van der Waals surface area contributed by atoms with Gasteiger partial charge in [-0.1, -0.05) is 25.1 Å². The molecule has 0 saturated heterocycles. The van der Waals surface area contributed by atoms with E-state index in [1.165, 1.54) is 0 Å². The second-order valence-electron chi connectivity index (χ2n) is 4.37. The van der Waals surface area contributed by atoms with Crippen LogP contribution in [-0.2, 0) is 13.1 Å². The highest BCUT2D eigenvalue weighted by atomic mass is 16.3. The SMILES string of the molecule is CCCn1cc(NCc2ccccc2O)c(C)n1. The molecule has 1 aromatic heterocycles. The van der Waals surface area contributed by atoms with Gasteiger partial charge in [0.25, 0.3) is 0 Å². The number of aryl methyl sites for hydroxylation is 2. The summed E-state index contributed by atoms with van der Waals surface area (Å²) in [6.45, 7) is 5.65. The highest BCUT2D eigenvalue weighted by Gasteiger charge is 2.05. The fraction of sp³-hybridized carbons (Fsp3) is 0.357. The minimum atomic E-state index is 0.323. The van der Waals surface area contributed by atoms with Gasteiger partial charge in [0.2, 0.25) is 0 Å². The summed E-state index contributed by atoms with van der Waals surface area (Å²) >= 11 is 0. The van der Waals surface area contributed by atoms with Gasteiger partial charge in [-0.3, -0.25) is 4.68 Å². The highest BCUT2D eigenvalue weighted by Crippen LogP contribution is 2.19. The van der Waals surface area contributed by atoms with E-state index in [0.29, 0.717) is 12.3 Å². The topological polar surface area (TPSA) is 50.1 Å². The maximum atomic E-state index is 9.69. The predicted molar refractivity (Wildman–Crippen MR) is 72.7 cm³/mol. The number of anilines is 1. The normalized spacial score (nSPS) is 10.6. The predicted octanol–water partition coefficient (Wildman–Crippen LogP) is 2.92. The summed E-state index contributed by atoms with van der Waals surface area (Å²) in [5, 5.41) is 17.4. The number of hydrogen-bond donors (Lipinski definition) is 2. The molecule has 1 aromatic carbocycles. The Labute approximate surface area is 107 Å². The van der Waals surface area contributed by atoms with Crippen LogP contribution in [0.3, 0.4) is 0 Å². The third-order valence-corrected chi connectivity index (χ3v) is 2.86. The second kappa shape index (κ2) is 5.58. The molecule has 0 aliphatic heterocycles. The Morgan fingerprint density at radius 3 is 2.83 bits per heavy atom. The summed E-state index contributed by atoms with van der Waals surface area (Å²) in [6, 6.07) is 7.35. The van der Waals surface area contributed by atoms with Gasteiger partial charge in [0.1, 0.15) is 5.75 Å². The maximum Gasteiger partial charge on any atom is 0.120 e. The number of phenols is 1. The molecular formula is C14H19N3O. The average molecular weight is 245 g/mol. The second-order valence-corrected chi connectivity index (χ2v) is 4.37. The number of para-hydroxylation sites is 1. The monoisotopic (exact) mass is 245 g/mol. The van der Waals surface area contributed by atoms with Crippen molar-refractivity contribution in [2.45, 2.75) is 33.4 Å². The number of rotatable bonds is 5. The van der Waals surface area contributed by atoms with Crippen LogP contribution in [0.2, 0.25) is 0 Å². The Bertz CT molecular complexity index is 520. The molecule has 0 fully saturated rings. The van der Waals surface area contributed by atoms with Crippen LogP contribution in [0.1, 0.15) is 24.6 Å². The summed E-state index contributed by atoms with van der Waals surface area (Å²) in [5.41, 5.74) is 2.89. The van der Waals surface area contributed by atoms with Crippen LogP contribution in [0.15, 0.2) is 30.5 Å². The van der Waals surface area contributed by atoms with Crippen molar-refractivity contribution in [2.24, 2.45) is 0 Å². The molecule has 0 saturated carbocycles. The first-order valence-corrected chi connectivity index (χ1v) is 6.25. The van der Waals surface area contributed by atoms with Crippen molar-refractivity contribution in [3.8, 4) is 5.75 Å². The van der Waals surface area contributed by atoms with Gasteiger partial charge in [0, 0.05) is 24.8 Å². The molecule has 0 atom stereocenters. The minimum Gasteiger partial charge on any atom is -0.508 e. The molecule has 4 nitrogen and oxygen atoms in total. The van der Waals surface area contributed by atoms with E-state index in [2.05, 4.69) is 17.3 Å². The van der Waals surface area contributed by atoms with Gasteiger partial charge in [-0.2, -0.15) is 5.10 Å². The van der Waals surface area contributed by atoms with Crippen molar-refractivity contribution in [1.82, 2.24) is 9.78 Å². The number of aromatic nitrogens is 2. The molecule has 0 spiro atoms. The van der Waals surface area contributed by atoms with E-state index >= 15 is 0 Å². The number of aromatic hydroxyl groups is 1.